The first kappa shape index (κ1) is 16.5. The average Bonchev–Trinajstić information content (AvgIpc) is 2.62. The number of phenols is 1. The number of aromatic hydroxyl groups is 1. The van der Waals surface area contributed by atoms with E-state index < -0.39 is 0 Å². The van der Waals surface area contributed by atoms with Gasteiger partial charge in [0.15, 0.2) is 0 Å². The third kappa shape index (κ3) is 3.76. The van der Waals surface area contributed by atoms with Gasteiger partial charge in [-0.15, -0.1) is 0 Å². The molecule has 0 radical (unpaired) electrons. The number of aliphatic hydroxyl groups excluding tert-OH is 1. The van der Waals surface area contributed by atoms with Crippen LogP contribution in [0.15, 0.2) is 36.7 Å². The Hall–Kier alpha value is -2.34. The first-order valence-electron chi connectivity index (χ1n) is 8.42. The number of aliphatic hydroxyl groups is 1. The minimum atomic E-state index is 0.00912. The number of benzene rings is 1. The second-order valence-corrected chi connectivity index (χ2v) is 6.25. The van der Waals surface area contributed by atoms with Crippen molar-refractivity contribution in [1.82, 2.24) is 9.97 Å². The Morgan fingerprint density at radius 3 is 2.96 bits per heavy atom. The van der Waals surface area contributed by atoms with Crippen molar-refractivity contribution in [3.8, 4) is 5.75 Å². The van der Waals surface area contributed by atoms with Crippen LogP contribution in [0.25, 0.3) is 0 Å². The van der Waals surface area contributed by atoms with Crippen molar-refractivity contribution >= 4 is 11.6 Å². The van der Waals surface area contributed by atoms with E-state index in [2.05, 4.69) is 20.2 Å². The molecule has 0 aliphatic carbocycles. The number of rotatable bonds is 5. The number of aromatic nitrogens is 2. The van der Waals surface area contributed by atoms with Crippen molar-refractivity contribution in [3.05, 3.63) is 42.2 Å². The topological polar surface area (TPSA) is 81.5 Å². The molecule has 1 aromatic heterocycles. The largest absolute Gasteiger partial charge is 0.508 e. The van der Waals surface area contributed by atoms with Crippen LogP contribution >= 0.6 is 0 Å². The maximum Gasteiger partial charge on any atom is 0.134 e. The van der Waals surface area contributed by atoms with Crippen molar-refractivity contribution in [2.75, 3.05) is 23.4 Å². The van der Waals surface area contributed by atoms with E-state index in [4.69, 9.17) is 0 Å². The van der Waals surface area contributed by atoms with Crippen LogP contribution in [0, 0.1) is 0 Å². The summed E-state index contributed by atoms with van der Waals surface area (Å²) in [6.07, 6.45) is 4.80. The molecule has 1 aliphatic heterocycles. The monoisotopic (exact) mass is 328 g/mol. The Morgan fingerprint density at radius 2 is 2.17 bits per heavy atom. The number of hydrogen-bond acceptors (Lipinski definition) is 6. The van der Waals surface area contributed by atoms with E-state index in [0.717, 1.165) is 43.0 Å². The predicted molar refractivity (Wildman–Crippen MR) is 94.2 cm³/mol. The molecule has 1 saturated heterocycles. The molecule has 1 aliphatic rings. The second-order valence-electron chi connectivity index (χ2n) is 6.25. The molecule has 128 valence electrons. The third-order valence-electron chi connectivity index (χ3n) is 4.52. The first-order chi connectivity index (χ1) is 11.7. The maximum atomic E-state index is 9.61. The predicted octanol–water partition coefficient (Wildman–Crippen LogP) is 2.71. The van der Waals surface area contributed by atoms with E-state index in [1.807, 2.05) is 25.1 Å². The van der Waals surface area contributed by atoms with Crippen molar-refractivity contribution in [3.63, 3.8) is 0 Å². The van der Waals surface area contributed by atoms with Gasteiger partial charge in [0.1, 0.15) is 23.7 Å². The van der Waals surface area contributed by atoms with Gasteiger partial charge in [-0.3, -0.25) is 0 Å². The molecule has 3 N–H and O–H groups in total. The zero-order valence-corrected chi connectivity index (χ0v) is 13.9. The summed E-state index contributed by atoms with van der Waals surface area (Å²) in [4.78, 5) is 10.8. The van der Waals surface area contributed by atoms with E-state index in [1.54, 1.807) is 18.5 Å². The molecule has 0 saturated carbocycles. The lowest BCUT2D eigenvalue weighted by Gasteiger charge is -2.35. The van der Waals surface area contributed by atoms with Crippen LogP contribution in [0.4, 0.5) is 11.6 Å². The van der Waals surface area contributed by atoms with Gasteiger partial charge in [-0.05, 0) is 43.9 Å². The molecule has 0 amide bonds. The first-order valence-corrected chi connectivity index (χ1v) is 8.42. The fourth-order valence-corrected chi connectivity index (χ4v) is 3.17. The fourth-order valence-electron chi connectivity index (χ4n) is 3.17. The maximum absolute atomic E-state index is 9.61. The Labute approximate surface area is 142 Å². The molecular formula is C18H24N4O2. The van der Waals surface area contributed by atoms with E-state index >= 15 is 0 Å². The number of hydrogen-bond donors (Lipinski definition) is 3. The molecule has 6 heteroatoms. The summed E-state index contributed by atoms with van der Waals surface area (Å²) >= 11 is 0. The number of nitrogens with zero attached hydrogens (tertiary/aromatic N) is 3. The molecule has 6 nitrogen and oxygen atoms in total. The lowest BCUT2D eigenvalue weighted by molar-refractivity contribution is 0.239. The molecule has 3 rings (SSSR count). The Balaban J connectivity index is 1.75. The highest BCUT2D eigenvalue weighted by Gasteiger charge is 2.23. The van der Waals surface area contributed by atoms with Gasteiger partial charge in [0, 0.05) is 12.6 Å². The highest BCUT2D eigenvalue weighted by atomic mass is 16.3. The summed E-state index contributed by atoms with van der Waals surface area (Å²) in [6.45, 7) is 3.07. The summed E-state index contributed by atoms with van der Waals surface area (Å²) in [6, 6.07) is 9.25. The summed E-state index contributed by atoms with van der Waals surface area (Å²) in [5, 5.41) is 22.5. The molecule has 2 atom stereocenters. The van der Waals surface area contributed by atoms with Gasteiger partial charge in [-0.2, -0.15) is 0 Å². The summed E-state index contributed by atoms with van der Waals surface area (Å²) < 4.78 is 0. The van der Waals surface area contributed by atoms with Gasteiger partial charge in [0.25, 0.3) is 0 Å². The van der Waals surface area contributed by atoms with Gasteiger partial charge in [-0.25, -0.2) is 9.97 Å². The highest BCUT2D eigenvalue weighted by Crippen LogP contribution is 2.26. The summed E-state index contributed by atoms with van der Waals surface area (Å²) in [7, 11) is 0. The normalized spacial score (nSPS) is 19.1. The quantitative estimate of drug-likeness (QED) is 0.783. The van der Waals surface area contributed by atoms with Gasteiger partial charge in [0.2, 0.25) is 0 Å². The molecule has 1 unspecified atom stereocenters. The number of piperidine rings is 1. The average molecular weight is 328 g/mol. The van der Waals surface area contributed by atoms with Crippen molar-refractivity contribution < 1.29 is 10.2 Å². The Bertz CT molecular complexity index is 680. The molecular weight excluding hydrogens is 304 g/mol. The van der Waals surface area contributed by atoms with Crippen molar-refractivity contribution in [1.29, 1.82) is 0 Å². The fraction of sp³-hybridized carbons (Fsp3) is 0.444. The summed E-state index contributed by atoms with van der Waals surface area (Å²) in [5.41, 5.74) is 0.987. The lowest BCUT2D eigenvalue weighted by atomic mass is 10.0. The molecule has 24 heavy (non-hydrogen) atoms. The Kier molecular flexibility index (Phi) is 5.15. The lowest BCUT2D eigenvalue weighted by Crippen LogP contribution is -2.42. The smallest absolute Gasteiger partial charge is 0.134 e. The molecule has 0 spiro atoms. The van der Waals surface area contributed by atoms with Gasteiger partial charge >= 0.3 is 0 Å². The second kappa shape index (κ2) is 7.49. The number of anilines is 2. The number of nitrogens with one attached hydrogen (secondary N) is 1. The standard InChI is InChI=1S/C18H24N4O2/c1-13(14-5-4-7-16(24)9-14)21-17-10-18(20-12-19-17)22-8-3-2-6-15(22)11-23/h4-5,7,9-10,12-13,15,23-24H,2-3,6,8,11H2,1H3,(H,19,20,21)/t13-,15?/m1/s1. The van der Waals surface area contributed by atoms with Crippen LogP contribution in [0.2, 0.25) is 0 Å². The van der Waals surface area contributed by atoms with Crippen LogP contribution in [0.1, 0.15) is 37.8 Å². The van der Waals surface area contributed by atoms with Crippen LogP contribution in [-0.4, -0.2) is 39.4 Å². The van der Waals surface area contributed by atoms with E-state index in [-0.39, 0.29) is 24.4 Å². The summed E-state index contributed by atoms with van der Waals surface area (Å²) in [5.74, 6) is 1.83. The van der Waals surface area contributed by atoms with Gasteiger partial charge in [0.05, 0.1) is 18.7 Å². The number of phenolic OH excluding ortho intramolecular Hbond substituents is 1. The van der Waals surface area contributed by atoms with Crippen LogP contribution in [-0.2, 0) is 0 Å². The van der Waals surface area contributed by atoms with Crippen LogP contribution < -0.4 is 10.2 Å². The Morgan fingerprint density at radius 1 is 1.29 bits per heavy atom. The minimum Gasteiger partial charge on any atom is -0.508 e. The molecule has 2 aromatic rings. The SMILES string of the molecule is C[C@@H](Nc1cc(N2CCCCC2CO)ncn1)c1cccc(O)c1. The molecule has 1 fully saturated rings. The molecule has 2 heterocycles. The third-order valence-corrected chi connectivity index (χ3v) is 4.52. The zero-order valence-electron chi connectivity index (χ0n) is 13.9. The highest BCUT2D eigenvalue weighted by molar-refractivity contribution is 5.50. The van der Waals surface area contributed by atoms with E-state index in [1.165, 1.54) is 0 Å². The van der Waals surface area contributed by atoms with Crippen molar-refractivity contribution in [2.24, 2.45) is 0 Å². The molecule has 0 bridgehead atoms. The minimum absolute atomic E-state index is 0.00912. The van der Waals surface area contributed by atoms with Crippen molar-refractivity contribution in [2.45, 2.75) is 38.3 Å². The van der Waals surface area contributed by atoms with Gasteiger partial charge < -0.3 is 20.4 Å². The van der Waals surface area contributed by atoms with Crippen LogP contribution in [0.3, 0.4) is 0 Å². The zero-order chi connectivity index (χ0) is 16.9. The van der Waals surface area contributed by atoms with Crippen LogP contribution in [0.5, 0.6) is 5.75 Å². The van der Waals surface area contributed by atoms with E-state index in [9.17, 15) is 10.2 Å². The van der Waals surface area contributed by atoms with Gasteiger partial charge in [-0.1, -0.05) is 12.1 Å². The van der Waals surface area contributed by atoms with E-state index in [0.29, 0.717) is 0 Å². The molecule has 1 aromatic carbocycles.